The van der Waals surface area contributed by atoms with Gasteiger partial charge in [-0.05, 0) is 42.5 Å². The lowest BCUT2D eigenvalue weighted by atomic mass is 10.2. The Labute approximate surface area is 132 Å². The van der Waals surface area contributed by atoms with Crippen LogP contribution >= 0.6 is 11.8 Å². The van der Waals surface area contributed by atoms with Gasteiger partial charge in [0.05, 0.1) is 17.4 Å². The molecule has 4 nitrogen and oxygen atoms in total. The summed E-state index contributed by atoms with van der Waals surface area (Å²) in [6.45, 7) is 0.474. The van der Waals surface area contributed by atoms with Gasteiger partial charge in [0.1, 0.15) is 0 Å². The summed E-state index contributed by atoms with van der Waals surface area (Å²) in [5.74, 6) is 1.17. The van der Waals surface area contributed by atoms with Gasteiger partial charge < -0.3 is 0 Å². The third-order valence-corrected chi connectivity index (χ3v) is 5.26. The number of sulfonamides is 1. The van der Waals surface area contributed by atoms with Crippen molar-refractivity contribution in [2.24, 2.45) is 0 Å². The summed E-state index contributed by atoms with van der Waals surface area (Å²) >= 11 is 1.84. The van der Waals surface area contributed by atoms with Crippen molar-refractivity contribution in [3.63, 3.8) is 0 Å². The molecule has 0 heterocycles. The number of rotatable bonds is 10. The van der Waals surface area contributed by atoms with Crippen molar-refractivity contribution >= 4 is 21.8 Å². The molecule has 0 aliphatic heterocycles. The quantitative estimate of drug-likeness (QED) is 0.671. The van der Waals surface area contributed by atoms with Crippen molar-refractivity contribution in [2.75, 3.05) is 18.6 Å². The summed E-state index contributed by atoms with van der Waals surface area (Å²) in [6, 6.07) is 8.50. The molecule has 0 saturated heterocycles. The van der Waals surface area contributed by atoms with E-state index in [1.54, 1.807) is 24.3 Å². The first-order chi connectivity index (χ1) is 10.1. The van der Waals surface area contributed by atoms with E-state index in [1.165, 1.54) is 12.2 Å². The van der Waals surface area contributed by atoms with Gasteiger partial charge in [0.25, 0.3) is 0 Å². The SMILES string of the molecule is CSCCCCCCNS(=O)(=O)c1ccc(CC#N)cc1. The highest BCUT2D eigenvalue weighted by atomic mass is 32.2. The first-order valence-corrected chi connectivity index (χ1v) is 9.92. The van der Waals surface area contributed by atoms with Crippen LogP contribution in [0.4, 0.5) is 0 Å². The van der Waals surface area contributed by atoms with Gasteiger partial charge in [-0.3, -0.25) is 0 Å². The van der Waals surface area contributed by atoms with Crippen LogP contribution in [0.5, 0.6) is 0 Å². The van der Waals surface area contributed by atoms with E-state index in [4.69, 9.17) is 5.26 Å². The second-order valence-electron chi connectivity index (χ2n) is 4.78. The second kappa shape index (κ2) is 9.82. The molecule has 1 rings (SSSR count). The van der Waals surface area contributed by atoms with Gasteiger partial charge in [0, 0.05) is 6.54 Å². The lowest BCUT2D eigenvalue weighted by Gasteiger charge is -2.07. The standard InChI is InChI=1S/C15H22N2O2S2/c1-20-13-5-3-2-4-12-17-21(18,19)15-8-6-14(7-9-15)10-11-16/h6-9,17H,2-5,10,12-13H2,1H3. The van der Waals surface area contributed by atoms with E-state index in [0.29, 0.717) is 13.0 Å². The van der Waals surface area contributed by atoms with Gasteiger partial charge in [-0.1, -0.05) is 25.0 Å². The van der Waals surface area contributed by atoms with E-state index < -0.39 is 10.0 Å². The topological polar surface area (TPSA) is 70.0 Å². The largest absolute Gasteiger partial charge is 0.240 e. The first kappa shape index (κ1) is 18.0. The van der Waals surface area contributed by atoms with Gasteiger partial charge in [0.2, 0.25) is 10.0 Å². The predicted octanol–water partition coefficient (Wildman–Crippen LogP) is 2.95. The Morgan fingerprint density at radius 1 is 1.14 bits per heavy atom. The molecule has 21 heavy (non-hydrogen) atoms. The fourth-order valence-electron chi connectivity index (χ4n) is 1.89. The van der Waals surface area contributed by atoms with Crippen LogP contribution in [0.3, 0.4) is 0 Å². The Balaban J connectivity index is 2.37. The van der Waals surface area contributed by atoms with E-state index in [-0.39, 0.29) is 4.90 Å². The summed E-state index contributed by atoms with van der Waals surface area (Å²) in [6.07, 6.45) is 6.63. The van der Waals surface area contributed by atoms with Gasteiger partial charge >= 0.3 is 0 Å². The Bertz CT molecular complexity index is 548. The van der Waals surface area contributed by atoms with Crippen LogP contribution < -0.4 is 4.72 Å². The van der Waals surface area contributed by atoms with Gasteiger partial charge in [0.15, 0.2) is 0 Å². The van der Waals surface area contributed by atoms with Crippen LogP contribution in [0.25, 0.3) is 0 Å². The lowest BCUT2D eigenvalue weighted by Crippen LogP contribution is -2.24. The maximum absolute atomic E-state index is 12.1. The van der Waals surface area contributed by atoms with Gasteiger partial charge in [-0.25, -0.2) is 13.1 Å². The van der Waals surface area contributed by atoms with Crippen molar-refractivity contribution in [3.8, 4) is 6.07 Å². The Morgan fingerprint density at radius 2 is 1.81 bits per heavy atom. The number of nitriles is 1. The van der Waals surface area contributed by atoms with Crippen LogP contribution in [-0.4, -0.2) is 27.0 Å². The molecule has 0 saturated carbocycles. The normalized spacial score (nSPS) is 11.2. The van der Waals surface area contributed by atoms with Crippen LogP contribution in [-0.2, 0) is 16.4 Å². The predicted molar refractivity (Wildman–Crippen MR) is 87.8 cm³/mol. The highest BCUT2D eigenvalue weighted by molar-refractivity contribution is 7.98. The molecule has 0 fully saturated rings. The molecule has 0 aliphatic carbocycles. The number of benzene rings is 1. The number of nitrogens with one attached hydrogen (secondary N) is 1. The summed E-state index contributed by atoms with van der Waals surface area (Å²) in [4.78, 5) is 0.256. The van der Waals surface area contributed by atoms with Crippen LogP contribution in [0.2, 0.25) is 0 Å². The van der Waals surface area contributed by atoms with Crippen molar-refractivity contribution in [2.45, 2.75) is 37.0 Å². The average Bonchev–Trinajstić information content (AvgIpc) is 2.47. The lowest BCUT2D eigenvalue weighted by molar-refractivity contribution is 0.574. The number of thioether (sulfide) groups is 1. The van der Waals surface area contributed by atoms with Gasteiger partial charge in [-0.15, -0.1) is 0 Å². The summed E-state index contributed by atoms with van der Waals surface area (Å²) in [7, 11) is -3.43. The van der Waals surface area contributed by atoms with E-state index in [0.717, 1.165) is 24.8 Å². The van der Waals surface area contributed by atoms with Crippen molar-refractivity contribution in [3.05, 3.63) is 29.8 Å². The molecule has 0 radical (unpaired) electrons. The fourth-order valence-corrected chi connectivity index (χ4v) is 3.46. The second-order valence-corrected chi connectivity index (χ2v) is 7.54. The van der Waals surface area contributed by atoms with Crippen LogP contribution in [0.1, 0.15) is 31.2 Å². The summed E-state index contributed by atoms with van der Waals surface area (Å²) in [5.41, 5.74) is 0.824. The smallest absolute Gasteiger partial charge is 0.211 e. The van der Waals surface area contributed by atoms with Crippen molar-refractivity contribution < 1.29 is 8.42 Å². The molecular weight excluding hydrogens is 304 g/mol. The van der Waals surface area contributed by atoms with E-state index in [9.17, 15) is 8.42 Å². The molecule has 0 atom stereocenters. The number of unbranched alkanes of at least 4 members (excludes halogenated alkanes) is 3. The number of hydrogen-bond donors (Lipinski definition) is 1. The number of nitrogens with zero attached hydrogens (tertiary/aromatic N) is 1. The maximum Gasteiger partial charge on any atom is 0.240 e. The van der Waals surface area contributed by atoms with E-state index in [1.807, 2.05) is 17.8 Å². The highest BCUT2D eigenvalue weighted by Crippen LogP contribution is 2.11. The molecule has 116 valence electrons. The molecular formula is C15H22N2O2S2. The number of hydrogen-bond acceptors (Lipinski definition) is 4. The van der Waals surface area contributed by atoms with E-state index >= 15 is 0 Å². The highest BCUT2D eigenvalue weighted by Gasteiger charge is 2.12. The molecule has 0 aliphatic rings. The molecule has 0 aromatic heterocycles. The Morgan fingerprint density at radius 3 is 2.43 bits per heavy atom. The third-order valence-electron chi connectivity index (χ3n) is 3.08. The minimum absolute atomic E-state index is 0.256. The molecule has 1 N–H and O–H groups in total. The summed E-state index contributed by atoms with van der Waals surface area (Å²) in [5, 5.41) is 8.59. The van der Waals surface area contributed by atoms with E-state index in [2.05, 4.69) is 11.0 Å². The molecule has 0 bridgehead atoms. The zero-order valence-electron chi connectivity index (χ0n) is 12.3. The zero-order chi connectivity index (χ0) is 15.6. The monoisotopic (exact) mass is 326 g/mol. The van der Waals surface area contributed by atoms with Crippen LogP contribution in [0.15, 0.2) is 29.2 Å². The first-order valence-electron chi connectivity index (χ1n) is 7.04. The maximum atomic E-state index is 12.1. The zero-order valence-corrected chi connectivity index (χ0v) is 14.0. The van der Waals surface area contributed by atoms with Crippen molar-refractivity contribution in [1.82, 2.24) is 4.72 Å². The molecule has 1 aromatic carbocycles. The molecule has 0 amide bonds. The Hall–Kier alpha value is -1.03. The Kier molecular flexibility index (Phi) is 8.43. The molecule has 0 spiro atoms. The summed E-state index contributed by atoms with van der Waals surface area (Å²) < 4.78 is 26.7. The minimum Gasteiger partial charge on any atom is -0.211 e. The van der Waals surface area contributed by atoms with Crippen molar-refractivity contribution in [1.29, 1.82) is 5.26 Å². The average molecular weight is 326 g/mol. The minimum atomic E-state index is -3.43. The molecule has 6 heteroatoms. The van der Waals surface area contributed by atoms with Crippen LogP contribution in [0, 0.1) is 11.3 Å². The molecule has 0 unspecified atom stereocenters. The molecule has 1 aromatic rings. The fraction of sp³-hybridized carbons (Fsp3) is 0.533. The third kappa shape index (κ3) is 6.98. The van der Waals surface area contributed by atoms with Gasteiger partial charge in [-0.2, -0.15) is 17.0 Å².